The van der Waals surface area contributed by atoms with Gasteiger partial charge in [-0.3, -0.25) is 14.8 Å². The molecule has 0 aliphatic rings. The molecular weight excluding hydrogens is 2380 g/mol. The molecule has 0 saturated heterocycles. The van der Waals surface area contributed by atoms with E-state index in [1.165, 1.54) is 111 Å². The molecule has 0 unspecified atom stereocenters. The third-order valence-electron chi connectivity index (χ3n) is 17.8. The van der Waals surface area contributed by atoms with E-state index in [1.807, 2.05) is 0 Å². The fraction of sp³-hybridized carbons (Fsp3) is 0.306. The molecule has 40 heteroatoms. The van der Waals surface area contributed by atoms with Gasteiger partial charge in [0.25, 0.3) is 0 Å². The molecule has 0 saturated carbocycles. The van der Waals surface area contributed by atoms with Crippen LogP contribution in [0.15, 0.2) is 87.2 Å². The molecule has 0 radical (unpaired) electrons. The molecule has 13 rings (SSSR count). The molecule has 0 aliphatic heterocycles. The van der Waals surface area contributed by atoms with Gasteiger partial charge in [0.1, 0.15) is 11.0 Å². The summed E-state index contributed by atoms with van der Waals surface area (Å²) in [6.45, 7) is 44.0. The van der Waals surface area contributed by atoms with Crippen LogP contribution in [0.4, 0.5) is 0 Å². The number of benzene rings is 3. The monoisotopic (exact) mass is 2450 g/mol. The second-order valence-corrected chi connectivity index (χ2v) is 28.9. The summed E-state index contributed by atoms with van der Waals surface area (Å²) in [5, 5.41) is 34.2. The summed E-state index contributed by atoms with van der Waals surface area (Å²) >= 11 is 28.8. The number of nitrogens with zero attached hydrogens (tertiary/aromatic N) is 10. The summed E-state index contributed by atoms with van der Waals surface area (Å²) in [5.74, 6) is -2.00. The van der Waals surface area contributed by atoms with Crippen LogP contribution in [0.25, 0.3) is 66.6 Å². The molecule has 0 bridgehead atoms. The number of H-pyrrole nitrogens is 2. The summed E-state index contributed by atoms with van der Waals surface area (Å²) in [4.78, 5) is 75.6. The molecule has 7 aromatic carbocycles. The number of halogens is 10. The minimum atomic E-state index is -4.94. The number of hydrogen-bond acceptors (Lipinski definition) is 23. The minimum Gasteiger partial charge on any atom is -1.00 e. The standard InChI is InChI=1S/3C10H6N4O2.4C10H15.2CHCl3.2ClHO4.2ClH.4Ir/c3*15-9-7-8(13-10(16)14-9)12-6-4-2-1-3-5(6)11-7;4*1-6-7(2)9(4)10(5)8(6)3;2*2-1(3)4;2*2-1(3,4)5;;;;;;/h3*1-4H,(H2,12,13,14,15,16);4*1-5H3;2*1H;2*(H,2,3,4,5);2*1H;;;;/q;;;4*-1;;;;;;;4*+3/p-8. The number of alkyl halides is 6. The van der Waals surface area contributed by atoms with Gasteiger partial charge < -0.3 is 55.1 Å². The minimum absolute atomic E-state index is 0. The zero-order valence-electron chi connectivity index (χ0n) is 63.4. The van der Waals surface area contributed by atoms with Gasteiger partial charge in [-0.15, -0.1) is 20.5 Å². The van der Waals surface area contributed by atoms with E-state index in [4.69, 9.17) is 107 Å². The molecular formula is C72H76Cl10Ir4N12O14. The van der Waals surface area contributed by atoms with Gasteiger partial charge in [-0.2, -0.15) is 111 Å². The van der Waals surface area contributed by atoms with Crippen LogP contribution < -0.4 is 99.5 Å². The van der Waals surface area contributed by atoms with E-state index in [1.54, 1.807) is 72.8 Å². The number of nitrogens with one attached hydrogen (secondary N) is 2. The van der Waals surface area contributed by atoms with Crippen LogP contribution in [0.2, 0.25) is 0 Å². The molecule has 13 aromatic rings. The maximum absolute atomic E-state index is 11.4. The van der Waals surface area contributed by atoms with Crippen LogP contribution in [-0.2, 0) is 80.4 Å². The van der Waals surface area contributed by atoms with Gasteiger partial charge in [0.15, 0.2) is 19.9 Å². The van der Waals surface area contributed by atoms with E-state index in [-0.39, 0.29) is 139 Å². The number of aromatic nitrogens is 12. The van der Waals surface area contributed by atoms with Crippen molar-refractivity contribution in [2.75, 3.05) is 0 Å². The van der Waals surface area contributed by atoms with Crippen LogP contribution in [0.5, 0.6) is 17.6 Å². The number of hydrogen-bond donors (Lipinski definition) is 2. The molecule has 6 heterocycles. The van der Waals surface area contributed by atoms with Crippen LogP contribution in [0, 0.1) is 159 Å². The summed E-state index contributed by atoms with van der Waals surface area (Å²) in [6.07, 6.45) is 0. The molecule has 0 spiro atoms. The fourth-order valence-corrected chi connectivity index (χ4v) is 10.1. The Labute approximate surface area is 747 Å². The number of aromatic amines is 2. The van der Waals surface area contributed by atoms with Gasteiger partial charge in [-0.25, -0.2) is 81.7 Å². The van der Waals surface area contributed by atoms with Gasteiger partial charge in [0.2, 0.25) is 5.69 Å². The van der Waals surface area contributed by atoms with Crippen molar-refractivity contribution in [1.82, 2.24) is 59.8 Å². The van der Waals surface area contributed by atoms with Gasteiger partial charge in [0, 0.05) is 22.9 Å². The maximum atomic E-state index is 11.4. The van der Waals surface area contributed by atoms with Crippen molar-refractivity contribution >= 4 is 136 Å². The van der Waals surface area contributed by atoms with Crippen molar-refractivity contribution < 1.29 is 178 Å². The number of para-hydroxylation sites is 6. The Morgan fingerprint density at radius 2 is 0.509 bits per heavy atom. The van der Waals surface area contributed by atoms with Crippen molar-refractivity contribution in [3.05, 3.63) is 216 Å². The van der Waals surface area contributed by atoms with E-state index >= 15 is 0 Å². The first-order valence-electron chi connectivity index (χ1n) is 31.2. The first-order chi connectivity index (χ1) is 48.9. The third-order valence-corrected chi connectivity index (χ3v) is 17.8. The van der Waals surface area contributed by atoms with Crippen molar-refractivity contribution in [3.8, 4) is 17.6 Å². The second-order valence-electron chi connectivity index (χ2n) is 23.5. The van der Waals surface area contributed by atoms with Crippen LogP contribution in [0.3, 0.4) is 0 Å². The molecule has 26 nitrogen and oxygen atoms in total. The predicted octanol–water partition coefficient (Wildman–Crippen LogP) is -0.302. The van der Waals surface area contributed by atoms with Gasteiger partial charge >= 0.3 is 91.8 Å². The van der Waals surface area contributed by atoms with E-state index in [0.29, 0.717) is 33.1 Å². The Morgan fingerprint density at radius 1 is 0.330 bits per heavy atom. The van der Waals surface area contributed by atoms with Crippen molar-refractivity contribution in [1.29, 1.82) is 0 Å². The fourth-order valence-electron chi connectivity index (χ4n) is 10.1. The first kappa shape index (κ1) is 113. The first-order valence-corrected chi connectivity index (χ1v) is 36.3. The zero-order valence-corrected chi connectivity index (χ0v) is 80.5. The summed E-state index contributed by atoms with van der Waals surface area (Å²) in [5.41, 5.74) is 31.3. The molecule has 112 heavy (non-hydrogen) atoms. The Bertz CT molecular complexity index is 4470. The molecule has 0 atom stereocenters. The van der Waals surface area contributed by atoms with Crippen LogP contribution in [0.1, 0.15) is 111 Å². The summed E-state index contributed by atoms with van der Waals surface area (Å²) in [7, 11) is -9.89. The Kier molecular flexibility index (Phi) is 52.0. The molecule has 614 valence electrons. The topological polar surface area (TPSA) is 467 Å². The van der Waals surface area contributed by atoms with Gasteiger partial charge in [-0.05, 0) is 30.3 Å². The van der Waals surface area contributed by atoms with Gasteiger partial charge in [0.05, 0.1) is 33.1 Å². The average Bonchev–Trinajstić information content (AvgIpc) is 1.76. The quantitative estimate of drug-likeness (QED) is 0.112. The normalized spacial score (nSPS) is 10.2. The molecule has 6 aromatic heterocycles. The number of fused-ring (bicyclic) bond motifs is 6. The molecule has 0 fully saturated rings. The van der Waals surface area contributed by atoms with Gasteiger partial charge in [-0.1, -0.05) is 256 Å². The van der Waals surface area contributed by atoms with Crippen molar-refractivity contribution in [2.24, 2.45) is 0 Å². The molecule has 0 amide bonds. The summed E-state index contributed by atoms with van der Waals surface area (Å²) < 4.78 is 66.4. The van der Waals surface area contributed by atoms with E-state index in [9.17, 15) is 29.7 Å². The number of rotatable bonds is 0. The molecule has 0 aliphatic carbocycles. The SMILES string of the molecule is Cc1c(C)c(C)[c-](C)c1C.Cc1c(C)c(C)[c-](C)c1C.Cc1c(C)c(C)[c-](C)c1C.Cc1c(C)c(C)[c-](C)c1C.ClC(Cl)Cl.ClC(Cl)Cl.O=c1nc([O-])c2nc3ccccc3nc2[n-]1.O=c1nc([O-])c2nc3ccccc3nc2[nH]1.O=c1nc([O-])c2nc3ccccc3nc2[nH]1.[Cl-].[Cl-].[Ir+3].[Ir+3].[Ir+3].[Ir+3].[O-][Cl+3]([O-])([O-])[O-].[O-][Cl+3]([O-])([O-])[O-]. The zero-order chi connectivity index (χ0) is 81.1. The predicted molar refractivity (Wildman–Crippen MR) is 389 cm³/mol. The Morgan fingerprint density at radius 3 is 0.705 bits per heavy atom. The maximum Gasteiger partial charge on any atom is 3.00 e. The third kappa shape index (κ3) is 35.1. The van der Waals surface area contributed by atoms with Crippen molar-refractivity contribution in [3.63, 3.8) is 0 Å². The second kappa shape index (κ2) is 51.3. The smallest absolute Gasteiger partial charge is 1.00 e. The van der Waals surface area contributed by atoms with E-state index in [2.05, 4.69) is 198 Å². The summed E-state index contributed by atoms with van der Waals surface area (Å²) in [6, 6.07) is 21.2. The van der Waals surface area contributed by atoms with E-state index in [0.717, 1.165) is 0 Å². The Hall–Kier alpha value is -4.92. The van der Waals surface area contributed by atoms with E-state index < -0.39 is 63.8 Å². The van der Waals surface area contributed by atoms with Crippen LogP contribution >= 0.6 is 69.6 Å². The Balaban J connectivity index is -0.000000586. The average molecular weight is 2460 g/mol. The largest absolute Gasteiger partial charge is 3.00 e. The van der Waals surface area contributed by atoms with Crippen LogP contribution in [-0.4, -0.2) is 63.4 Å². The van der Waals surface area contributed by atoms with Crippen molar-refractivity contribution in [2.45, 2.75) is 147 Å². The molecule has 2 N–H and O–H groups in total.